The number of para-hydroxylation sites is 1. The maximum absolute atomic E-state index is 12.9. The van der Waals surface area contributed by atoms with Gasteiger partial charge in [-0.25, -0.2) is 9.50 Å². The summed E-state index contributed by atoms with van der Waals surface area (Å²) in [6, 6.07) is 6.33. The van der Waals surface area contributed by atoms with Crippen LogP contribution in [0.25, 0.3) is 5.78 Å². The normalized spacial score (nSPS) is 23.4. The van der Waals surface area contributed by atoms with Crippen LogP contribution in [0, 0.1) is 18.8 Å². The standard InChI is InChI=1S/C21H20F3N5O2/c1-12-8-25-20-26-18(27-29(20)9-12)19(30)28-10-14-6-13(7-15(14)11-28)16-4-2-3-5-17(16)31-21(22,23)24/h2-5,8-9,13-15H,6-7,10-11H2,1H3/t13-,14-,15+. The first-order valence-electron chi connectivity index (χ1n) is 10.1. The average Bonchev–Trinajstić information content (AvgIpc) is 3.38. The molecule has 0 unspecified atom stereocenters. The van der Waals surface area contributed by atoms with E-state index in [4.69, 9.17) is 0 Å². The van der Waals surface area contributed by atoms with Crippen molar-refractivity contribution in [3.8, 4) is 5.75 Å². The van der Waals surface area contributed by atoms with Crippen molar-refractivity contribution in [2.24, 2.45) is 11.8 Å². The number of fused-ring (bicyclic) bond motifs is 2. The molecule has 2 aliphatic rings. The highest BCUT2D eigenvalue weighted by Gasteiger charge is 2.44. The second kappa shape index (κ2) is 7.21. The zero-order valence-electron chi connectivity index (χ0n) is 16.7. The van der Waals surface area contributed by atoms with Crippen molar-refractivity contribution in [3.63, 3.8) is 0 Å². The summed E-state index contributed by atoms with van der Waals surface area (Å²) in [6.45, 7) is 2.97. The molecule has 3 atom stereocenters. The summed E-state index contributed by atoms with van der Waals surface area (Å²) in [7, 11) is 0. The van der Waals surface area contributed by atoms with E-state index in [1.807, 2.05) is 6.92 Å². The molecule has 3 heterocycles. The maximum Gasteiger partial charge on any atom is 0.573 e. The quantitative estimate of drug-likeness (QED) is 0.634. The third-order valence-corrected chi connectivity index (χ3v) is 6.14. The van der Waals surface area contributed by atoms with Crippen molar-refractivity contribution < 1.29 is 22.7 Å². The van der Waals surface area contributed by atoms with Crippen molar-refractivity contribution in [1.82, 2.24) is 24.5 Å². The van der Waals surface area contributed by atoms with E-state index in [-0.39, 0.29) is 35.2 Å². The van der Waals surface area contributed by atoms with Gasteiger partial charge in [0.25, 0.3) is 11.7 Å². The van der Waals surface area contributed by atoms with Crippen molar-refractivity contribution in [1.29, 1.82) is 0 Å². The zero-order chi connectivity index (χ0) is 21.8. The third-order valence-electron chi connectivity index (χ3n) is 6.14. The number of alkyl halides is 3. The first-order chi connectivity index (χ1) is 14.8. The summed E-state index contributed by atoms with van der Waals surface area (Å²) in [4.78, 5) is 23.0. The van der Waals surface area contributed by atoms with Crippen LogP contribution in [0.2, 0.25) is 0 Å². The summed E-state index contributed by atoms with van der Waals surface area (Å²) >= 11 is 0. The molecule has 1 amide bonds. The monoisotopic (exact) mass is 431 g/mol. The van der Waals surface area contributed by atoms with Gasteiger partial charge in [0.2, 0.25) is 5.82 Å². The molecule has 0 radical (unpaired) electrons. The van der Waals surface area contributed by atoms with Gasteiger partial charge in [0.05, 0.1) is 0 Å². The predicted molar refractivity (Wildman–Crippen MR) is 104 cm³/mol. The lowest BCUT2D eigenvalue weighted by Crippen LogP contribution is -2.30. The Balaban J connectivity index is 1.28. The van der Waals surface area contributed by atoms with Crippen LogP contribution in [0.15, 0.2) is 36.7 Å². The Morgan fingerprint density at radius 2 is 1.87 bits per heavy atom. The molecule has 0 N–H and O–H groups in total. The molecule has 3 aromatic rings. The molecule has 0 spiro atoms. The molecule has 5 rings (SSSR count). The first-order valence-corrected chi connectivity index (χ1v) is 10.1. The lowest BCUT2D eigenvalue weighted by atomic mass is 9.95. The minimum atomic E-state index is -4.72. The maximum atomic E-state index is 12.9. The lowest BCUT2D eigenvalue weighted by molar-refractivity contribution is -0.275. The second-order valence-electron chi connectivity index (χ2n) is 8.30. The van der Waals surface area contributed by atoms with Gasteiger partial charge in [0.1, 0.15) is 5.75 Å². The number of carbonyl (C=O) groups is 1. The average molecular weight is 431 g/mol. The van der Waals surface area contributed by atoms with Crippen molar-refractivity contribution in [3.05, 3.63) is 53.6 Å². The molecule has 7 nitrogen and oxygen atoms in total. The minimum absolute atomic E-state index is 0.0219. The fourth-order valence-corrected chi connectivity index (χ4v) is 4.86. The third kappa shape index (κ3) is 3.82. The molecule has 0 bridgehead atoms. The largest absolute Gasteiger partial charge is 0.573 e. The molecule has 10 heteroatoms. The molecule has 2 aromatic heterocycles. The lowest BCUT2D eigenvalue weighted by Gasteiger charge is -2.20. The molecule has 1 aliphatic heterocycles. The van der Waals surface area contributed by atoms with E-state index in [1.165, 1.54) is 10.6 Å². The summed E-state index contributed by atoms with van der Waals surface area (Å²) in [5.41, 5.74) is 1.49. The van der Waals surface area contributed by atoms with Crippen LogP contribution in [-0.2, 0) is 0 Å². The number of halogens is 3. The van der Waals surface area contributed by atoms with Crippen LogP contribution in [0.1, 0.15) is 40.5 Å². The minimum Gasteiger partial charge on any atom is -0.405 e. The van der Waals surface area contributed by atoms with E-state index >= 15 is 0 Å². The van der Waals surface area contributed by atoms with Gasteiger partial charge in [-0.2, -0.15) is 4.98 Å². The number of hydrogen-bond acceptors (Lipinski definition) is 5. The second-order valence-corrected chi connectivity index (χ2v) is 8.30. The Labute approximate surface area is 175 Å². The van der Waals surface area contributed by atoms with Gasteiger partial charge in [-0.3, -0.25) is 4.79 Å². The summed E-state index contributed by atoms with van der Waals surface area (Å²) < 4.78 is 44.0. The van der Waals surface area contributed by atoms with E-state index in [9.17, 15) is 18.0 Å². The summed E-state index contributed by atoms with van der Waals surface area (Å²) in [5, 5.41) is 4.25. The van der Waals surface area contributed by atoms with Crippen LogP contribution in [0.4, 0.5) is 13.2 Å². The number of aryl methyl sites for hydroxylation is 1. The van der Waals surface area contributed by atoms with E-state index in [0.717, 1.165) is 5.56 Å². The van der Waals surface area contributed by atoms with Gasteiger partial charge in [-0.05, 0) is 54.7 Å². The number of hydrogen-bond donors (Lipinski definition) is 0. The molecule has 1 aromatic carbocycles. The smallest absolute Gasteiger partial charge is 0.405 e. The van der Waals surface area contributed by atoms with Gasteiger partial charge < -0.3 is 9.64 Å². The Morgan fingerprint density at radius 3 is 2.58 bits per heavy atom. The van der Waals surface area contributed by atoms with Crippen LogP contribution < -0.4 is 4.74 Å². The molecular formula is C21H20F3N5O2. The van der Waals surface area contributed by atoms with Crippen molar-refractivity contribution in [2.45, 2.75) is 32.0 Å². The Morgan fingerprint density at radius 1 is 1.16 bits per heavy atom. The van der Waals surface area contributed by atoms with Crippen molar-refractivity contribution >= 4 is 11.7 Å². The highest BCUT2D eigenvalue weighted by atomic mass is 19.4. The molecule has 1 saturated heterocycles. The highest BCUT2D eigenvalue weighted by molar-refractivity contribution is 5.91. The zero-order valence-corrected chi connectivity index (χ0v) is 16.7. The molecule has 1 aliphatic carbocycles. The van der Waals surface area contributed by atoms with E-state index in [0.29, 0.717) is 37.3 Å². The van der Waals surface area contributed by atoms with Crippen LogP contribution >= 0.6 is 0 Å². The van der Waals surface area contributed by atoms with Gasteiger partial charge in [0.15, 0.2) is 0 Å². The number of ether oxygens (including phenoxy) is 1. The number of benzene rings is 1. The van der Waals surface area contributed by atoms with Crippen LogP contribution in [0.3, 0.4) is 0 Å². The number of carbonyl (C=O) groups excluding carboxylic acids is 1. The molecule has 31 heavy (non-hydrogen) atoms. The molecule has 2 fully saturated rings. The van der Waals surface area contributed by atoms with Gasteiger partial charge in [-0.1, -0.05) is 18.2 Å². The number of aromatic nitrogens is 4. The molecule has 1 saturated carbocycles. The Bertz CT molecular complexity index is 1130. The summed E-state index contributed by atoms with van der Waals surface area (Å²) in [6.07, 6.45) is 0.134. The van der Waals surface area contributed by atoms with E-state index in [2.05, 4.69) is 19.8 Å². The van der Waals surface area contributed by atoms with Gasteiger partial charge in [0, 0.05) is 25.5 Å². The number of likely N-dealkylation sites (tertiary alicyclic amines) is 1. The highest BCUT2D eigenvalue weighted by Crippen LogP contribution is 2.48. The van der Waals surface area contributed by atoms with E-state index < -0.39 is 6.36 Å². The topological polar surface area (TPSA) is 72.6 Å². The number of nitrogens with zero attached hydrogens (tertiary/aromatic N) is 5. The number of amides is 1. The Kier molecular flexibility index (Phi) is 4.60. The fraction of sp³-hybridized carbons (Fsp3) is 0.429. The van der Waals surface area contributed by atoms with Crippen LogP contribution in [-0.4, -0.2) is 49.8 Å². The number of rotatable bonds is 3. The predicted octanol–water partition coefficient (Wildman–Crippen LogP) is 3.60. The fourth-order valence-electron chi connectivity index (χ4n) is 4.86. The summed E-state index contributed by atoms with van der Waals surface area (Å²) in [5.74, 6) is 0.537. The molecular weight excluding hydrogens is 411 g/mol. The first kappa shape index (κ1) is 19.8. The Hall–Kier alpha value is -3.17. The van der Waals surface area contributed by atoms with Crippen LogP contribution in [0.5, 0.6) is 5.75 Å². The van der Waals surface area contributed by atoms with Crippen molar-refractivity contribution in [2.75, 3.05) is 13.1 Å². The van der Waals surface area contributed by atoms with Gasteiger partial charge >= 0.3 is 6.36 Å². The SMILES string of the molecule is Cc1cnc2nc(C(=O)N3C[C@H]4C[C@@H](c5ccccc5OC(F)(F)F)C[C@H]4C3)nn2c1. The van der Waals surface area contributed by atoms with E-state index in [1.54, 1.807) is 35.5 Å². The van der Waals surface area contributed by atoms with Gasteiger partial charge in [-0.15, -0.1) is 18.3 Å². The molecule has 162 valence electrons.